The molecule has 6 rings (SSSR count). The summed E-state index contributed by atoms with van der Waals surface area (Å²) in [6.07, 6.45) is 0.431. The summed E-state index contributed by atoms with van der Waals surface area (Å²) in [6, 6.07) is 22.7. The molecule has 0 saturated carbocycles. The van der Waals surface area contributed by atoms with Crippen molar-refractivity contribution < 1.29 is 9.53 Å². The summed E-state index contributed by atoms with van der Waals surface area (Å²) >= 11 is 1.60. The van der Waals surface area contributed by atoms with E-state index in [4.69, 9.17) is 9.72 Å². The van der Waals surface area contributed by atoms with Crippen LogP contribution in [0.5, 0.6) is 0 Å². The summed E-state index contributed by atoms with van der Waals surface area (Å²) in [5, 5.41) is 10.3. The number of amides is 1. The van der Waals surface area contributed by atoms with Crippen molar-refractivity contribution in [3.05, 3.63) is 78.0 Å². The van der Waals surface area contributed by atoms with Gasteiger partial charge in [0.25, 0.3) is 0 Å². The number of nitrogens with zero attached hydrogens (tertiary/aromatic N) is 4. The standard InChI is InChI=1S/C27H22N4O2S/c1-2-33-27(32)31-14-13-20-19(16-31)15-21-25(28-20)23-22(17-9-5-3-6-10-17)24(29-30-26(23)34-21)18-11-7-4-8-12-18/h3-12,15H,2,13-14,16H2,1H3. The molecule has 2 aromatic carbocycles. The first-order chi connectivity index (χ1) is 16.7. The Balaban J connectivity index is 1.57. The highest BCUT2D eigenvalue weighted by atomic mass is 32.1. The molecule has 0 fully saturated rings. The second-order valence-corrected chi connectivity index (χ2v) is 9.28. The normalized spacial score (nSPS) is 13.3. The lowest BCUT2D eigenvalue weighted by atomic mass is 9.96. The molecule has 1 aliphatic rings. The molecule has 0 N–H and O–H groups in total. The maximum absolute atomic E-state index is 12.3. The molecule has 0 saturated heterocycles. The van der Waals surface area contributed by atoms with E-state index in [2.05, 4.69) is 40.5 Å². The Kier molecular flexibility index (Phi) is 5.19. The van der Waals surface area contributed by atoms with E-state index in [1.54, 1.807) is 16.2 Å². The minimum Gasteiger partial charge on any atom is -0.450 e. The predicted octanol–water partition coefficient (Wildman–Crippen LogP) is 6.09. The molecule has 0 unspecified atom stereocenters. The van der Waals surface area contributed by atoms with Gasteiger partial charge in [0.2, 0.25) is 0 Å². The monoisotopic (exact) mass is 466 g/mol. The van der Waals surface area contributed by atoms with Gasteiger partial charge in [0.1, 0.15) is 10.5 Å². The minimum absolute atomic E-state index is 0.269. The number of hydrogen-bond acceptors (Lipinski definition) is 6. The van der Waals surface area contributed by atoms with Crippen LogP contribution in [-0.4, -0.2) is 39.3 Å². The fourth-order valence-electron chi connectivity index (χ4n) is 4.58. The average molecular weight is 467 g/mol. The van der Waals surface area contributed by atoms with Gasteiger partial charge in [0.05, 0.1) is 23.4 Å². The van der Waals surface area contributed by atoms with Gasteiger partial charge in [-0.2, -0.15) is 0 Å². The number of ether oxygens (including phenoxy) is 1. The molecule has 3 aromatic heterocycles. The first kappa shape index (κ1) is 20.7. The highest BCUT2D eigenvalue weighted by Gasteiger charge is 2.25. The summed E-state index contributed by atoms with van der Waals surface area (Å²) in [5.41, 5.74) is 7.08. The molecule has 5 aromatic rings. The maximum atomic E-state index is 12.3. The number of carbonyl (C=O) groups is 1. The van der Waals surface area contributed by atoms with Crippen LogP contribution in [0.25, 0.3) is 42.8 Å². The first-order valence-corrected chi connectivity index (χ1v) is 12.2. The Morgan fingerprint density at radius 1 is 1.03 bits per heavy atom. The molecule has 6 nitrogen and oxygen atoms in total. The number of hydrogen-bond donors (Lipinski definition) is 0. The third-order valence-electron chi connectivity index (χ3n) is 6.16. The molecule has 0 bridgehead atoms. The minimum atomic E-state index is -0.269. The van der Waals surface area contributed by atoms with Crippen LogP contribution in [0.2, 0.25) is 0 Å². The Hall–Kier alpha value is -3.84. The molecule has 34 heavy (non-hydrogen) atoms. The van der Waals surface area contributed by atoms with Gasteiger partial charge in [-0.3, -0.25) is 4.98 Å². The molecule has 4 heterocycles. The predicted molar refractivity (Wildman–Crippen MR) is 135 cm³/mol. The van der Waals surface area contributed by atoms with Gasteiger partial charge in [0.15, 0.2) is 0 Å². The van der Waals surface area contributed by atoms with Crippen molar-refractivity contribution in [2.75, 3.05) is 13.2 Å². The molecule has 168 valence electrons. The second kappa shape index (κ2) is 8.50. The Morgan fingerprint density at radius 3 is 2.50 bits per heavy atom. The molecule has 1 amide bonds. The molecule has 1 aliphatic heterocycles. The molecular formula is C27H22N4O2S. The molecule has 0 radical (unpaired) electrons. The quantitative estimate of drug-likeness (QED) is 0.322. The van der Waals surface area contributed by atoms with Gasteiger partial charge in [-0.25, -0.2) is 4.79 Å². The lowest BCUT2D eigenvalue weighted by Crippen LogP contribution is -2.36. The topological polar surface area (TPSA) is 68.2 Å². The highest BCUT2D eigenvalue weighted by Crippen LogP contribution is 2.42. The van der Waals surface area contributed by atoms with E-state index in [-0.39, 0.29) is 6.09 Å². The van der Waals surface area contributed by atoms with E-state index in [1.165, 1.54) is 0 Å². The SMILES string of the molecule is CCOC(=O)N1CCc2nc3c(cc2C1)sc1nnc(-c2ccccc2)c(-c2ccccc2)c13. The van der Waals surface area contributed by atoms with E-state index in [0.717, 1.165) is 54.1 Å². The van der Waals surface area contributed by atoms with Gasteiger partial charge in [-0.1, -0.05) is 60.7 Å². The van der Waals surface area contributed by atoms with Crippen LogP contribution in [0.1, 0.15) is 18.2 Å². The van der Waals surface area contributed by atoms with Crippen LogP contribution in [0.4, 0.5) is 4.79 Å². The lowest BCUT2D eigenvalue weighted by molar-refractivity contribution is 0.102. The zero-order chi connectivity index (χ0) is 23.1. The summed E-state index contributed by atoms with van der Waals surface area (Å²) in [6.45, 7) is 3.32. The number of carbonyl (C=O) groups excluding carboxylic acids is 1. The van der Waals surface area contributed by atoms with Crippen LogP contribution in [0.15, 0.2) is 66.7 Å². The molecule has 7 heteroatoms. The van der Waals surface area contributed by atoms with Crippen molar-refractivity contribution in [1.29, 1.82) is 0 Å². The van der Waals surface area contributed by atoms with Crippen molar-refractivity contribution in [3.8, 4) is 22.4 Å². The van der Waals surface area contributed by atoms with Crippen LogP contribution >= 0.6 is 11.3 Å². The average Bonchev–Trinajstić information content (AvgIpc) is 3.25. The van der Waals surface area contributed by atoms with Crippen LogP contribution in [0.3, 0.4) is 0 Å². The van der Waals surface area contributed by atoms with Gasteiger partial charge >= 0.3 is 6.09 Å². The number of fused-ring (bicyclic) bond motifs is 4. The van der Waals surface area contributed by atoms with Crippen molar-refractivity contribution in [2.24, 2.45) is 0 Å². The number of rotatable bonds is 3. The van der Waals surface area contributed by atoms with Crippen LogP contribution in [0, 0.1) is 0 Å². The zero-order valence-electron chi connectivity index (χ0n) is 18.7. The van der Waals surface area contributed by atoms with Gasteiger partial charge < -0.3 is 9.64 Å². The number of pyridine rings is 1. The number of aromatic nitrogens is 3. The third-order valence-corrected chi connectivity index (χ3v) is 7.17. The van der Waals surface area contributed by atoms with Crippen molar-refractivity contribution in [2.45, 2.75) is 19.9 Å². The van der Waals surface area contributed by atoms with Gasteiger partial charge in [-0.05, 0) is 24.1 Å². The van der Waals surface area contributed by atoms with Gasteiger partial charge in [-0.15, -0.1) is 21.5 Å². The molecule has 0 aliphatic carbocycles. The fraction of sp³-hybridized carbons (Fsp3) is 0.185. The van der Waals surface area contributed by atoms with E-state index in [9.17, 15) is 4.79 Å². The Morgan fingerprint density at radius 2 is 1.76 bits per heavy atom. The van der Waals surface area contributed by atoms with E-state index in [0.29, 0.717) is 26.1 Å². The van der Waals surface area contributed by atoms with Crippen LogP contribution < -0.4 is 0 Å². The fourth-order valence-corrected chi connectivity index (χ4v) is 5.61. The van der Waals surface area contributed by atoms with E-state index < -0.39 is 0 Å². The maximum Gasteiger partial charge on any atom is 0.410 e. The Bertz CT molecular complexity index is 1520. The summed E-state index contributed by atoms with van der Waals surface area (Å²) in [4.78, 5) is 20.0. The van der Waals surface area contributed by atoms with E-state index in [1.807, 2.05) is 43.3 Å². The first-order valence-electron chi connectivity index (χ1n) is 11.4. The lowest BCUT2D eigenvalue weighted by Gasteiger charge is -2.27. The molecule has 0 spiro atoms. The van der Waals surface area contributed by atoms with Crippen molar-refractivity contribution in [1.82, 2.24) is 20.1 Å². The summed E-state index contributed by atoms with van der Waals surface area (Å²) < 4.78 is 6.25. The Labute approximate surface area is 200 Å². The van der Waals surface area contributed by atoms with Crippen molar-refractivity contribution >= 4 is 37.9 Å². The molecule has 0 atom stereocenters. The van der Waals surface area contributed by atoms with Crippen LogP contribution in [-0.2, 0) is 17.7 Å². The molecular weight excluding hydrogens is 444 g/mol. The number of benzene rings is 2. The van der Waals surface area contributed by atoms with Crippen molar-refractivity contribution in [3.63, 3.8) is 0 Å². The zero-order valence-corrected chi connectivity index (χ0v) is 19.5. The second-order valence-electron chi connectivity index (χ2n) is 8.25. The summed E-state index contributed by atoms with van der Waals surface area (Å²) in [7, 11) is 0. The smallest absolute Gasteiger partial charge is 0.410 e. The van der Waals surface area contributed by atoms with Gasteiger partial charge in [0, 0.05) is 35.2 Å². The highest BCUT2D eigenvalue weighted by molar-refractivity contribution is 7.25. The summed E-state index contributed by atoms with van der Waals surface area (Å²) in [5.74, 6) is 0. The third kappa shape index (κ3) is 3.49. The largest absolute Gasteiger partial charge is 0.450 e. The number of thiophene rings is 1. The van der Waals surface area contributed by atoms with E-state index >= 15 is 0 Å².